The minimum absolute atomic E-state index is 0.163. The van der Waals surface area contributed by atoms with Crippen molar-refractivity contribution < 1.29 is 13.7 Å². The molecule has 0 aliphatic carbocycles. The summed E-state index contributed by atoms with van der Waals surface area (Å²) in [5.41, 5.74) is -0.131. The SMILES string of the molecule is CC(C)NCCc1ncc(-c2ccc([N+](=O)[O-])cc2F)o1. The zero-order valence-corrected chi connectivity index (χ0v) is 11.8. The smallest absolute Gasteiger partial charge is 0.272 e. The summed E-state index contributed by atoms with van der Waals surface area (Å²) in [4.78, 5) is 14.0. The van der Waals surface area contributed by atoms with Gasteiger partial charge in [0.25, 0.3) is 5.69 Å². The van der Waals surface area contributed by atoms with Gasteiger partial charge in [-0.2, -0.15) is 0 Å². The van der Waals surface area contributed by atoms with Crippen LogP contribution in [0.15, 0.2) is 28.8 Å². The van der Waals surface area contributed by atoms with E-state index in [9.17, 15) is 14.5 Å². The predicted molar refractivity (Wildman–Crippen MR) is 75.4 cm³/mol. The van der Waals surface area contributed by atoms with E-state index in [2.05, 4.69) is 10.3 Å². The van der Waals surface area contributed by atoms with Crippen molar-refractivity contribution in [2.45, 2.75) is 26.3 Å². The van der Waals surface area contributed by atoms with E-state index in [0.717, 1.165) is 6.07 Å². The lowest BCUT2D eigenvalue weighted by molar-refractivity contribution is -0.385. The molecule has 0 aliphatic rings. The van der Waals surface area contributed by atoms with Crippen molar-refractivity contribution in [3.8, 4) is 11.3 Å². The summed E-state index contributed by atoms with van der Waals surface area (Å²) in [6, 6.07) is 3.80. The van der Waals surface area contributed by atoms with Crippen molar-refractivity contribution in [1.29, 1.82) is 0 Å². The monoisotopic (exact) mass is 293 g/mol. The first-order chi connectivity index (χ1) is 9.97. The lowest BCUT2D eigenvalue weighted by Gasteiger charge is -2.05. The van der Waals surface area contributed by atoms with Crippen LogP contribution in [0.3, 0.4) is 0 Å². The van der Waals surface area contributed by atoms with Crippen molar-refractivity contribution in [3.05, 3.63) is 46.2 Å². The fourth-order valence-corrected chi connectivity index (χ4v) is 1.84. The van der Waals surface area contributed by atoms with Crippen LogP contribution in [0.1, 0.15) is 19.7 Å². The standard InChI is InChI=1S/C14H16FN3O3/c1-9(2)16-6-5-14-17-8-13(21-14)11-4-3-10(18(19)20)7-12(11)15/h3-4,7-9,16H,5-6H2,1-2H3. The van der Waals surface area contributed by atoms with Crippen molar-refractivity contribution in [2.24, 2.45) is 0 Å². The van der Waals surface area contributed by atoms with Gasteiger partial charge < -0.3 is 9.73 Å². The average molecular weight is 293 g/mol. The Labute approximate surface area is 121 Å². The van der Waals surface area contributed by atoms with Crippen molar-refractivity contribution in [3.63, 3.8) is 0 Å². The van der Waals surface area contributed by atoms with E-state index in [-0.39, 0.29) is 17.0 Å². The van der Waals surface area contributed by atoms with Gasteiger partial charge in [-0.1, -0.05) is 13.8 Å². The summed E-state index contributed by atoms with van der Waals surface area (Å²) in [7, 11) is 0. The summed E-state index contributed by atoms with van der Waals surface area (Å²) in [5.74, 6) is 0.0602. The van der Waals surface area contributed by atoms with Gasteiger partial charge in [0.2, 0.25) is 0 Å². The second-order valence-electron chi connectivity index (χ2n) is 4.90. The topological polar surface area (TPSA) is 81.2 Å². The first kappa shape index (κ1) is 15.1. The number of hydrogen-bond donors (Lipinski definition) is 1. The minimum atomic E-state index is -0.702. The molecule has 0 unspecified atom stereocenters. The molecule has 0 radical (unpaired) electrons. The Bertz CT molecular complexity index is 640. The number of hydrogen-bond acceptors (Lipinski definition) is 5. The van der Waals surface area contributed by atoms with Crippen LogP contribution in [0.25, 0.3) is 11.3 Å². The molecular formula is C14H16FN3O3. The zero-order chi connectivity index (χ0) is 15.4. The van der Waals surface area contributed by atoms with Gasteiger partial charge >= 0.3 is 0 Å². The van der Waals surface area contributed by atoms with E-state index in [1.807, 2.05) is 13.8 Å². The number of nitrogens with one attached hydrogen (secondary N) is 1. The zero-order valence-electron chi connectivity index (χ0n) is 11.8. The highest BCUT2D eigenvalue weighted by atomic mass is 19.1. The molecule has 0 atom stereocenters. The molecule has 0 amide bonds. The summed E-state index contributed by atoms with van der Waals surface area (Å²) in [6.07, 6.45) is 2.02. The van der Waals surface area contributed by atoms with Crippen LogP contribution in [0, 0.1) is 15.9 Å². The van der Waals surface area contributed by atoms with E-state index < -0.39 is 10.7 Å². The first-order valence-electron chi connectivity index (χ1n) is 6.59. The number of halogens is 1. The number of benzene rings is 1. The molecule has 21 heavy (non-hydrogen) atoms. The van der Waals surface area contributed by atoms with Gasteiger partial charge in [0, 0.05) is 25.1 Å². The maximum absolute atomic E-state index is 13.9. The maximum Gasteiger partial charge on any atom is 0.272 e. The molecule has 0 bridgehead atoms. The number of nitrogens with zero attached hydrogens (tertiary/aromatic N) is 2. The molecule has 2 rings (SSSR count). The Morgan fingerprint density at radius 3 is 2.86 bits per heavy atom. The number of nitro benzene ring substituents is 1. The van der Waals surface area contributed by atoms with Crippen LogP contribution in [0.5, 0.6) is 0 Å². The molecule has 1 heterocycles. The molecule has 0 aliphatic heterocycles. The second-order valence-corrected chi connectivity index (χ2v) is 4.90. The van der Waals surface area contributed by atoms with Crippen LogP contribution >= 0.6 is 0 Å². The first-order valence-corrected chi connectivity index (χ1v) is 6.59. The van der Waals surface area contributed by atoms with E-state index >= 15 is 0 Å². The molecule has 1 aromatic carbocycles. The molecule has 0 spiro atoms. The van der Waals surface area contributed by atoms with E-state index in [1.165, 1.54) is 18.3 Å². The predicted octanol–water partition coefficient (Wildman–Crippen LogP) is 2.93. The van der Waals surface area contributed by atoms with Gasteiger partial charge in [0.05, 0.1) is 22.7 Å². The quantitative estimate of drug-likeness (QED) is 0.654. The Morgan fingerprint density at radius 1 is 1.48 bits per heavy atom. The Balaban J connectivity index is 2.12. The number of oxazole rings is 1. The highest BCUT2D eigenvalue weighted by molar-refractivity contribution is 5.59. The van der Waals surface area contributed by atoms with Gasteiger partial charge in [-0.3, -0.25) is 10.1 Å². The fourth-order valence-electron chi connectivity index (χ4n) is 1.84. The third kappa shape index (κ3) is 3.85. The normalized spacial score (nSPS) is 11.0. The molecule has 0 saturated carbocycles. The molecule has 112 valence electrons. The molecule has 1 N–H and O–H groups in total. The molecule has 6 nitrogen and oxygen atoms in total. The van der Waals surface area contributed by atoms with E-state index in [4.69, 9.17) is 4.42 Å². The average Bonchev–Trinajstić information content (AvgIpc) is 2.86. The highest BCUT2D eigenvalue weighted by Gasteiger charge is 2.15. The van der Waals surface area contributed by atoms with Gasteiger partial charge in [0.1, 0.15) is 5.82 Å². The third-order valence-electron chi connectivity index (χ3n) is 2.87. The lowest BCUT2D eigenvalue weighted by Crippen LogP contribution is -2.24. The molecule has 1 aromatic heterocycles. The number of nitro groups is 1. The van der Waals surface area contributed by atoms with Crippen LogP contribution in [0.2, 0.25) is 0 Å². The molecular weight excluding hydrogens is 277 g/mol. The Kier molecular flexibility index (Phi) is 4.64. The molecule has 7 heteroatoms. The Morgan fingerprint density at radius 2 is 2.24 bits per heavy atom. The van der Waals surface area contributed by atoms with E-state index in [0.29, 0.717) is 24.9 Å². The van der Waals surface area contributed by atoms with Gasteiger partial charge in [-0.15, -0.1) is 0 Å². The van der Waals surface area contributed by atoms with Crippen LogP contribution in [0.4, 0.5) is 10.1 Å². The van der Waals surface area contributed by atoms with E-state index in [1.54, 1.807) is 0 Å². The van der Waals surface area contributed by atoms with Crippen LogP contribution in [-0.2, 0) is 6.42 Å². The van der Waals surface area contributed by atoms with Crippen LogP contribution in [-0.4, -0.2) is 22.5 Å². The second kappa shape index (κ2) is 6.45. The summed E-state index contributed by atoms with van der Waals surface area (Å²) in [6.45, 7) is 4.78. The van der Waals surface area contributed by atoms with Crippen molar-refractivity contribution >= 4 is 5.69 Å². The van der Waals surface area contributed by atoms with Crippen molar-refractivity contribution in [1.82, 2.24) is 10.3 Å². The van der Waals surface area contributed by atoms with Crippen molar-refractivity contribution in [2.75, 3.05) is 6.54 Å². The number of non-ortho nitro benzene ring substituents is 1. The van der Waals surface area contributed by atoms with Gasteiger partial charge in [-0.05, 0) is 6.07 Å². The van der Waals surface area contributed by atoms with Crippen LogP contribution < -0.4 is 5.32 Å². The third-order valence-corrected chi connectivity index (χ3v) is 2.87. The Hall–Kier alpha value is -2.28. The lowest BCUT2D eigenvalue weighted by atomic mass is 10.1. The molecule has 2 aromatic rings. The van der Waals surface area contributed by atoms with Gasteiger partial charge in [0.15, 0.2) is 11.7 Å². The minimum Gasteiger partial charge on any atom is -0.441 e. The largest absolute Gasteiger partial charge is 0.441 e. The number of aromatic nitrogens is 1. The summed E-state index contributed by atoms with van der Waals surface area (Å²) < 4.78 is 19.3. The summed E-state index contributed by atoms with van der Waals surface area (Å²) in [5, 5.41) is 13.8. The molecule has 0 saturated heterocycles. The number of rotatable bonds is 6. The van der Waals surface area contributed by atoms with Gasteiger partial charge in [-0.25, -0.2) is 9.37 Å². The summed E-state index contributed by atoms with van der Waals surface area (Å²) >= 11 is 0. The highest BCUT2D eigenvalue weighted by Crippen LogP contribution is 2.26. The fraction of sp³-hybridized carbons (Fsp3) is 0.357. The molecule has 0 fully saturated rings. The maximum atomic E-state index is 13.9.